The van der Waals surface area contributed by atoms with E-state index in [2.05, 4.69) is 9.97 Å². The van der Waals surface area contributed by atoms with Crippen LogP contribution in [0.2, 0.25) is 0 Å². The van der Waals surface area contributed by atoms with Crippen molar-refractivity contribution in [3.63, 3.8) is 0 Å². The van der Waals surface area contributed by atoms with E-state index in [1.165, 1.54) is 6.33 Å². The lowest BCUT2D eigenvalue weighted by Gasteiger charge is -2.37. The first-order valence-corrected chi connectivity index (χ1v) is 10.2. The highest BCUT2D eigenvalue weighted by Crippen LogP contribution is 2.56. The van der Waals surface area contributed by atoms with Crippen LogP contribution in [0, 0.1) is 0 Å². The number of carbonyl (C=O) groups is 1. The number of hydrogen-bond acceptors (Lipinski definition) is 8. The van der Waals surface area contributed by atoms with E-state index < -0.39 is 29.1 Å². The second-order valence-corrected chi connectivity index (χ2v) is 9.62. The highest BCUT2D eigenvalue weighted by Gasteiger charge is 2.67. The van der Waals surface area contributed by atoms with Gasteiger partial charge in [-0.3, -0.25) is 4.90 Å². The van der Waals surface area contributed by atoms with Gasteiger partial charge in [0.1, 0.15) is 29.2 Å². The fraction of sp³-hybridized carbons (Fsp3) is 0.667. The summed E-state index contributed by atoms with van der Waals surface area (Å²) in [5.74, 6) is -0.552. The normalized spacial score (nSPS) is 30.6. The van der Waals surface area contributed by atoms with E-state index in [9.17, 15) is 4.79 Å². The summed E-state index contributed by atoms with van der Waals surface area (Å²) in [6.07, 6.45) is 2.85. The highest BCUT2D eigenvalue weighted by atomic mass is 16.8. The maximum Gasteiger partial charge on any atom is 0.411 e. The van der Waals surface area contributed by atoms with Crippen LogP contribution in [0.4, 0.5) is 10.6 Å². The molecule has 0 spiro atoms. The minimum Gasteiger partial charge on any atom is -0.458 e. The van der Waals surface area contributed by atoms with Crippen LogP contribution < -0.4 is 5.73 Å². The number of nitrogen functional groups attached to an aromatic ring is 1. The molecule has 1 amide bonds. The van der Waals surface area contributed by atoms with Gasteiger partial charge in [-0.25, -0.2) is 14.8 Å². The van der Waals surface area contributed by atoms with Gasteiger partial charge in [-0.2, -0.15) is 0 Å². The molecule has 0 unspecified atom stereocenters. The number of rotatable bonds is 2. The number of carbonyl (C=O) groups excluding carboxylic acids is 1. The number of anilines is 1. The lowest BCUT2D eigenvalue weighted by molar-refractivity contribution is -0.182. The average molecular weight is 418 g/mol. The number of likely N-dealkylation sites (tertiary alicyclic amines) is 1. The Balaban J connectivity index is 1.89. The van der Waals surface area contributed by atoms with Crippen LogP contribution in [-0.2, 0) is 14.2 Å². The molecular formula is C21H30N4O5. The molecule has 2 aliphatic rings. The van der Waals surface area contributed by atoms with E-state index >= 15 is 0 Å². The Morgan fingerprint density at radius 3 is 2.63 bits per heavy atom. The Kier molecular flexibility index (Phi) is 4.56. The molecule has 0 bridgehead atoms. The van der Waals surface area contributed by atoms with Gasteiger partial charge < -0.3 is 24.4 Å². The van der Waals surface area contributed by atoms with Gasteiger partial charge in [0, 0.05) is 5.56 Å². The molecule has 9 heteroatoms. The van der Waals surface area contributed by atoms with Crippen LogP contribution >= 0.6 is 0 Å². The van der Waals surface area contributed by atoms with E-state index in [1.807, 2.05) is 48.5 Å². The van der Waals surface area contributed by atoms with Crippen molar-refractivity contribution in [1.82, 2.24) is 14.9 Å². The first-order valence-electron chi connectivity index (χ1n) is 10.2. The fourth-order valence-electron chi connectivity index (χ4n) is 4.83. The molecule has 30 heavy (non-hydrogen) atoms. The second-order valence-electron chi connectivity index (χ2n) is 9.62. The van der Waals surface area contributed by atoms with Crippen LogP contribution in [-0.4, -0.2) is 50.1 Å². The van der Waals surface area contributed by atoms with Gasteiger partial charge in [-0.1, -0.05) is 6.92 Å². The van der Waals surface area contributed by atoms with Gasteiger partial charge in [-0.15, -0.1) is 0 Å². The van der Waals surface area contributed by atoms with Crippen molar-refractivity contribution in [2.45, 2.75) is 90.1 Å². The molecule has 2 aromatic heterocycles. The molecule has 2 saturated heterocycles. The van der Waals surface area contributed by atoms with Crippen molar-refractivity contribution in [2.24, 2.45) is 0 Å². The Hall–Kier alpha value is -2.39. The number of fused-ring (bicyclic) bond motifs is 2. The summed E-state index contributed by atoms with van der Waals surface area (Å²) in [4.78, 5) is 23.5. The van der Waals surface area contributed by atoms with Crippen molar-refractivity contribution in [2.75, 3.05) is 5.73 Å². The maximum atomic E-state index is 13.4. The molecule has 4 heterocycles. The number of furan rings is 1. The topological polar surface area (TPSA) is 113 Å². The predicted octanol–water partition coefficient (Wildman–Crippen LogP) is 3.79. The largest absolute Gasteiger partial charge is 0.458 e. The minimum absolute atomic E-state index is 0.241. The summed E-state index contributed by atoms with van der Waals surface area (Å²) >= 11 is 0. The van der Waals surface area contributed by atoms with Gasteiger partial charge in [-0.05, 0) is 48.0 Å². The molecule has 164 valence electrons. The van der Waals surface area contributed by atoms with Crippen LogP contribution in [0.1, 0.15) is 66.5 Å². The lowest BCUT2D eigenvalue weighted by Crippen LogP contribution is -2.45. The summed E-state index contributed by atoms with van der Waals surface area (Å²) in [5, 5.41) is 0. The van der Waals surface area contributed by atoms with Crippen molar-refractivity contribution in [1.29, 1.82) is 0 Å². The summed E-state index contributed by atoms with van der Waals surface area (Å²) in [6, 6.07) is -0.791. The molecule has 2 N–H and O–H groups in total. The van der Waals surface area contributed by atoms with Crippen molar-refractivity contribution in [3.05, 3.63) is 18.2 Å². The van der Waals surface area contributed by atoms with Crippen LogP contribution in [0.15, 0.2) is 17.0 Å². The zero-order chi connectivity index (χ0) is 22.1. The van der Waals surface area contributed by atoms with Gasteiger partial charge in [0.15, 0.2) is 17.2 Å². The zero-order valence-corrected chi connectivity index (χ0v) is 18.6. The van der Waals surface area contributed by atoms with Gasteiger partial charge >= 0.3 is 6.09 Å². The highest BCUT2D eigenvalue weighted by molar-refractivity contribution is 5.86. The molecule has 2 aromatic rings. The molecule has 4 rings (SSSR count). The van der Waals surface area contributed by atoms with E-state index in [1.54, 1.807) is 11.2 Å². The van der Waals surface area contributed by atoms with Crippen molar-refractivity contribution < 1.29 is 23.4 Å². The second kappa shape index (κ2) is 6.55. The zero-order valence-electron chi connectivity index (χ0n) is 18.6. The quantitative estimate of drug-likeness (QED) is 0.784. The average Bonchev–Trinajstić information content (AvgIpc) is 3.19. The molecular weight excluding hydrogens is 388 g/mol. The molecule has 0 radical (unpaired) electrons. The standard InChI is InChI=1S/C21H30N4O5/c1-8-12-16-21(7,30-20(5,6)28-16)15(25(12)18(26)29-19(2,3)4)11-9-27-14-13(11)23-10-24-17(14)22/h9-10,12,15-16H,8H2,1-7H3,(H2,22,23,24)/t12-,15+,16-,21+/m1/s1. The number of hydrogen-bond donors (Lipinski definition) is 1. The van der Waals surface area contributed by atoms with Gasteiger partial charge in [0.2, 0.25) is 0 Å². The molecule has 9 nitrogen and oxygen atoms in total. The van der Waals surface area contributed by atoms with Gasteiger partial charge in [0.25, 0.3) is 0 Å². The third-order valence-corrected chi connectivity index (χ3v) is 5.70. The number of ether oxygens (including phenoxy) is 3. The van der Waals surface area contributed by atoms with Crippen LogP contribution in [0.3, 0.4) is 0 Å². The summed E-state index contributed by atoms with van der Waals surface area (Å²) < 4.78 is 24.2. The van der Waals surface area contributed by atoms with E-state index in [0.717, 1.165) is 0 Å². The fourth-order valence-corrected chi connectivity index (χ4v) is 4.83. The molecule has 0 aromatic carbocycles. The summed E-state index contributed by atoms with van der Waals surface area (Å²) in [5.41, 5.74) is 6.11. The molecule has 0 aliphatic carbocycles. The SMILES string of the molecule is CC[C@@H]1[C@H]2OC(C)(C)O[C@@]2(C)[C@H](c2coc3c(N)ncnc23)N1C(=O)OC(C)(C)C. The first kappa shape index (κ1) is 20.9. The number of amides is 1. The molecule has 2 fully saturated rings. The summed E-state index contributed by atoms with van der Waals surface area (Å²) in [7, 11) is 0. The molecule has 0 saturated carbocycles. The molecule has 2 aliphatic heterocycles. The Morgan fingerprint density at radius 2 is 2.00 bits per heavy atom. The van der Waals surface area contributed by atoms with E-state index in [-0.39, 0.29) is 18.0 Å². The number of aromatic nitrogens is 2. The first-order chi connectivity index (χ1) is 13.9. The van der Waals surface area contributed by atoms with E-state index in [0.29, 0.717) is 23.1 Å². The van der Waals surface area contributed by atoms with Crippen molar-refractivity contribution in [3.8, 4) is 0 Å². The van der Waals surface area contributed by atoms with Crippen molar-refractivity contribution >= 4 is 23.0 Å². The van der Waals surface area contributed by atoms with Gasteiger partial charge in [0.05, 0.1) is 18.3 Å². The van der Waals surface area contributed by atoms with E-state index in [4.69, 9.17) is 24.4 Å². The van der Waals surface area contributed by atoms with Crippen LogP contribution in [0.25, 0.3) is 11.1 Å². The van der Waals surface area contributed by atoms with Crippen LogP contribution in [0.5, 0.6) is 0 Å². The predicted molar refractivity (Wildman–Crippen MR) is 110 cm³/mol. The third-order valence-electron chi connectivity index (χ3n) is 5.70. The minimum atomic E-state index is -0.836. The maximum absolute atomic E-state index is 13.4. The summed E-state index contributed by atoms with van der Waals surface area (Å²) in [6.45, 7) is 13.3. The Labute approximate surface area is 175 Å². The third kappa shape index (κ3) is 3.11. The Morgan fingerprint density at radius 1 is 1.30 bits per heavy atom. The number of nitrogens with zero attached hydrogens (tertiary/aromatic N) is 3. The monoisotopic (exact) mass is 418 g/mol. The Bertz CT molecular complexity index is 981. The lowest BCUT2D eigenvalue weighted by atomic mass is 9.88. The smallest absolute Gasteiger partial charge is 0.411 e. The molecule has 4 atom stereocenters. The number of nitrogens with two attached hydrogens (primary N) is 1.